The molecule has 0 spiro atoms. The molecule has 3 aromatic carbocycles. The summed E-state index contributed by atoms with van der Waals surface area (Å²) in [6.45, 7) is -0.172. The Morgan fingerprint density at radius 3 is 2.54 bits per heavy atom. The second-order valence-electron chi connectivity index (χ2n) is 5.32. The maximum Gasteiger partial charge on any atom is 0.262 e. The summed E-state index contributed by atoms with van der Waals surface area (Å²) in [5.41, 5.74) is 0.716. The Morgan fingerprint density at radius 1 is 1.04 bits per heavy atom. The molecule has 0 aromatic heterocycles. The van der Waals surface area contributed by atoms with Crippen LogP contribution >= 0.6 is 27.7 Å². The van der Waals surface area contributed by atoms with E-state index >= 15 is 0 Å². The number of anilines is 1. The molecule has 26 heavy (non-hydrogen) atoms. The van der Waals surface area contributed by atoms with Crippen molar-refractivity contribution in [2.24, 2.45) is 0 Å². The molecule has 0 saturated carbocycles. The van der Waals surface area contributed by atoms with E-state index < -0.39 is 0 Å². The van der Waals surface area contributed by atoms with Crippen LogP contribution in [0.1, 0.15) is 0 Å². The van der Waals surface area contributed by atoms with E-state index in [0.717, 1.165) is 9.79 Å². The van der Waals surface area contributed by atoms with Gasteiger partial charge in [-0.2, -0.15) is 0 Å². The number of hydrogen-bond acceptors (Lipinski definition) is 3. The van der Waals surface area contributed by atoms with Crippen molar-refractivity contribution in [2.75, 3.05) is 11.9 Å². The third-order valence-corrected chi connectivity index (χ3v) is 5.09. The lowest BCUT2D eigenvalue weighted by Crippen LogP contribution is -2.20. The number of rotatable bonds is 6. The molecule has 3 aromatic rings. The van der Waals surface area contributed by atoms with Crippen LogP contribution in [-0.2, 0) is 4.79 Å². The number of benzene rings is 3. The molecule has 1 N–H and O–H groups in total. The van der Waals surface area contributed by atoms with Gasteiger partial charge in [0.25, 0.3) is 5.91 Å². The lowest BCUT2D eigenvalue weighted by atomic mass is 10.3. The molecule has 0 atom stereocenters. The fourth-order valence-corrected chi connectivity index (χ4v) is 3.58. The van der Waals surface area contributed by atoms with Crippen molar-refractivity contribution in [1.82, 2.24) is 0 Å². The first-order chi connectivity index (χ1) is 12.6. The molecule has 0 unspecified atom stereocenters. The first kappa shape index (κ1) is 18.5. The van der Waals surface area contributed by atoms with Gasteiger partial charge in [0.2, 0.25) is 0 Å². The summed E-state index contributed by atoms with van der Waals surface area (Å²) >= 11 is 4.78. The molecule has 0 heterocycles. The van der Waals surface area contributed by atoms with E-state index in [0.29, 0.717) is 15.9 Å². The van der Waals surface area contributed by atoms with E-state index in [2.05, 4.69) is 21.2 Å². The van der Waals surface area contributed by atoms with Crippen LogP contribution in [0.15, 0.2) is 87.1 Å². The van der Waals surface area contributed by atoms with Gasteiger partial charge in [-0.1, -0.05) is 42.1 Å². The Hall–Kier alpha value is -2.31. The summed E-state index contributed by atoms with van der Waals surface area (Å²) in [7, 11) is 0. The van der Waals surface area contributed by atoms with Crippen molar-refractivity contribution in [1.29, 1.82) is 0 Å². The number of hydrogen-bond donors (Lipinski definition) is 1. The predicted octanol–water partition coefficient (Wildman–Crippen LogP) is 5.76. The molecule has 0 saturated heterocycles. The van der Waals surface area contributed by atoms with Crippen LogP contribution in [0.3, 0.4) is 0 Å². The smallest absolute Gasteiger partial charge is 0.262 e. The molecule has 3 rings (SSSR count). The van der Waals surface area contributed by atoms with Gasteiger partial charge in [0.15, 0.2) is 6.61 Å². The predicted molar refractivity (Wildman–Crippen MR) is 105 cm³/mol. The molecule has 132 valence electrons. The molecule has 3 nitrogen and oxygen atoms in total. The lowest BCUT2D eigenvalue weighted by Gasteiger charge is -2.12. The maximum atomic E-state index is 13.1. The number of carbonyl (C=O) groups excluding carboxylic acids is 1. The van der Waals surface area contributed by atoms with Crippen molar-refractivity contribution in [3.8, 4) is 5.75 Å². The monoisotopic (exact) mass is 431 g/mol. The number of para-hydroxylation sites is 1. The second kappa shape index (κ2) is 8.87. The summed E-state index contributed by atoms with van der Waals surface area (Å²) in [6, 6.07) is 21.6. The van der Waals surface area contributed by atoms with E-state index in [-0.39, 0.29) is 18.3 Å². The Labute approximate surface area is 163 Å². The van der Waals surface area contributed by atoms with E-state index in [4.69, 9.17) is 4.74 Å². The zero-order chi connectivity index (χ0) is 18.4. The Morgan fingerprint density at radius 2 is 1.77 bits per heavy atom. The van der Waals surface area contributed by atoms with Crippen molar-refractivity contribution in [3.05, 3.63) is 83.1 Å². The quantitative estimate of drug-likeness (QED) is 0.539. The van der Waals surface area contributed by atoms with E-state index in [1.807, 2.05) is 54.6 Å². The third-order valence-electron chi connectivity index (χ3n) is 3.38. The highest BCUT2D eigenvalue weighted by molar-refractivity contribution is 9.10. The summed E-state index contributed by atoms with van der Waals surface area (Å²) in [5, 5.41) is 2.86. The van der Waals surface area contributed by atoms with Gasteiger partial charge in [0.05, 0.1) is 10.2 Å². The maximum absolute atomic E-state index is 13.1. The summed E-state index contributed by atoms with van der Waals surface area (Å²) < 4.78 is 19.0. The number of amides is 1. The van der Waals surface area contributed by atoms with Crippen LogP contribution in [0.5, 0.6) is 5.75 Å². The van der Waals surface area contributed by atoms with Gasteiger partial charge in [-0.25, -0.2) is 4.39 Å². The van der Waals surface area contributed by atoms with E-state index in [1.54, 1.807) is 11.8 Å². The number of ether oxygens (including phenoxy) is 1. The van der Waals surface area contributed by atoms with Gasteiger partial charge >= 0.3 is 0 Å². The Balaban J connectivity index is 1.64. The Bertz CT molecular complexity index is 905. The molecule has 0 radical (unpaired) electrons. The van der Waals surface area contributed by atoms with Crippen LogP contribution in [0.2, 0.25) is 0 Å². The van der Waals surface area contributed by atoms with Gasteiger partial charge in [-0.3, -0.25) is 4.79 Å². The topological polar surface area (TPSA) is 38.3 Å². The second-order valence-corrected chi connectivity index (χ2v) is 7.29. The summed E-state index contributed by atoms with van der Waals surface area (Å²) in [6.07, 6.45) is 0. The highest BCUT2D eigenvalue weighted by atomic mass is 79.9. The van der Waals surface area contributed by atoms with Crippen LogP contribution < -0.4 is 10.1 Å². The minimum Gasteiger partial charge on any atom is -0.483 e. The van der Waals surface area contributed by atoms with Gasteiger partial charge in [-0.05, 0) is 58.4 Å². The summed E-state index contributed by atoms with van der Waals surface area (Å²) in [4.78, 5) is 14.3. The Kier molecular flexibility index (Phi) is 6.30. The van der Waals surface area contributed by atoms with Crippen LogP contribution in [0, 0.1) is 5.82 Å². The molecule has 0 aliphatic carbocycles. The normalized spacial score (nSPS) is 10.4. The molecular formula is C20H15BrFNO2S. The van der Waals surface area contributed by atoms with Crippen molar-refractivity contribution >= 4 is 39.3 Å². The van der Waals surface area contributed by atoms with Crippen LogP contribution in [0.4, 0.5) is 10.1 Å². The highest BCUT2D eigenvalue weighted by Gasteiger charge is 2.10. The number of halogens is 2. The van der Waals surface area contributed by atoms with Gasteiger partial charge in [-0.15, -0.1) is 0 Å². The molecule has 0 aliphatic heterocycles. The average Bonchev–Trinajstić information content (AvgIpc) is 2.63. The van der Waals surface area contributed by atoms with Crippen molar-refractivity contribution < 1.29 is 13.9 Å². The van der Waals surface area contributed by atoms with Crippen LogP contribution in [-0.4, -0.2) is 12.5 Å². The third kappa shape index (κ3) is 5.09. The average molecular weight is 432 g/mol. The SMILES string of the molecule is O=C(COc1ccc(F)cc1Br)Nc1ccccc1Sc1ccccc1. The molecule has 6 heteroatoms. The standard InChI is InChI=1S/C20H15BrFNO2S/c21-16-12-14(22)10-11-18(16)25-13-20(24)23-17-8-4-5-9-19(17)26-15-6-2-1-3-7-15/h1-12H,13H2,(H,23,24). The first-order valence-corrected chi connectivity index (χ1v) is 9.42. The molecule has 0 aliphatic rings. The largest absolute Gasteiger partial charge is 0.483 e. The highest BCUT2D eigenvalue weighted by Crippen LogP contribution is 2.33. The molecule has 0 fully saturated rings. The molecule has 1 amide bonds. The van der Waals surface area contributed by atoms with E-state index in [9.17, 15) is 9.18 Å². The van der Waals surface area contributed by atoms with Gasteiger partial charge in [0.1, 0.15) is 11.6 Å². The number of nitrogens with one attached hydrogen (secondary N) is 1. The van der Waals surface area contributed by atoms with Crippen molar-refractivity contribution in [3.63, 3.8) is 0 Å². The lowest BCUT2D eigenvalue weighted by molar-refractivity contribution is -0.118. The van der Waals surface area contributed by atoms with Crippen molar-refractivity contribution in [2.45, 2.75) is 9.79 Å². The summed E-state index contributed by atoms with van der Waals surface area (Å²) in [5.74, 6) is -0.253. The van der Waals surface area contributed by atoms with Crippen LogP contribution in [0.25, 0.3) is 0 Å². The first-order valence-electron chi connectivity index (χ1n) is 7.81. The zero-order valence-corrected chi connectivity index (χ0v) is 16.0. The van der Waals surface area contributed by atoms with Gasteiger partial charge in [0, 0.05) is 9.79 Å². The number of carbonyl (C=O) groups is 1. The minimum absolute atomic E-state index is 0.172. The molecule has 0 bridgehead atoms. The molecular weight excluding hydrogens is 417 g/mol. The van der Waals surface area contributed by atoms with E-state index in [1.165, 1.54) is 18.2 Å². The fourth-order valence-electron chi connectivity index (χ4n) is 2.20. The van der Waals surface area contributed by atoms with Gasteiger partial charge < -0.3 is 10.1 Å². The fraction of sp³-hybridized carbons (Fsp3) is 0.0500. The minimum atomic E-state index is -0.374. The zero-order valence-electron chi connectivity index (χ0n) is 13.6.